The van der Waals surface area contributed by atoms with Crippen LogP contribution in [0, 0.1) is 0 Å². The lowest BCUT2D eigenvalue weighted by Crippen LogP contribution is -2.70. The first-order valence-electron chi connectivity index (χ1n) is 22.1. The van der Waals surface area contributed by atoms with Crippen LogP contribution in [-0.2, 0) is 61.7 Å². The molecule has 20 N–H and O–H groups in total. The molecule has 6 rings (SSSR count). The Hall–Kier alpha value is -2.22. The summed E-state index contributed by atoms with van der Waals surface area (Å²) in [6.07, 6.45) is -59.6. The SMILES string of the molecule is CC(=O)N[C@H]1C(O)O[C@H](CO[C@@H]2O[C@H](CO)[C@@H](O)[C@H](O)[C@H]2O)[C@H](O)[C@@H]1O[C@@H]1O[C@H](CO[C@@H]2O[C@H](CO)[C@@H](O)[C@H](O)[C@H]2O)[C@H](O[C@@H]2O[C@H](CO)[C@@H](O)[C@H](O)[C@H]2O)[C@H](O[C@@H]2O[C@H](C(=O)O)[C@@H](O)[C@H](O)[C@H]2O)[C@H]1O. The average Bonchev–Trinajstić information content (AvgIpc) is 3.33. The maximum Gasteiger partial charge on any atom is 0.335 e. The van der Waals surface area contributed by atoms with Gasteiger partial charge in [-0.05, 0) is 0 Å². The molecule has 1 amide bonds. The van der Waals surface area contributed by atoms with Crippen molar-refractivity contribution in [3.8, 4) is 0 Å². The Morgan fingerprint density at radius 1 is 0.408 bits per heavy atom. The highest BCUT2D eigenvalue weighted by Crippen LogP contribution is 2.37. The molecule has 6 aliphatic rings. The monoisotopic (exact) mass is 1050 g/mol. The van der Waals surface area contributed by atoms with Crippen molar-refractivity contribution >= 4 is 11.9 Å². The highest BCUT2D eigenvalue weighted by atomic mass is 16.8. The van der Waals surface area contributed by atoms with Crippen LogP contribution < -0.4 is 5.32 Å². The van der Waals surface area contributed by atoms with Crippen molar-refractivity contribution in [3.63, 3.8) is 0 Å². The topological polar surface area (TPSA) is 532 Å². The first-order chi connectivity index (χ1) is 33.4. The van der Waals surface area contributed by atoms with Gasteiger partial charge in [0.05, 0.1) is 33.0 Å². The number of carbonyl (C=O) groups excluding carboxylic acids is 1. The zero-order valence-corrected chi connectivity index (χ0v) is 37.2. The van der Waals surface area contributed by atoms with E-state index in [1.165, 1.54) is 0 Å². The number of hydrogen-bond donors (Lipinski definition) is 20. The third kappa shape index (κ3) is 12.4. The summed E-state index contributed by atoms with van der Waals surface area (Å²) < 4.78 is 62.1. The van der Waals surface area contributed by atoms with E-state index in [2.05, 4.69) is 5.32 Å². The Morgan fingerprint density at radius 3 is 1.25 bits per heavy atom. The fourth-order valence-corrected chi connectivity index (χ4v) is 8.68. The Kier molecular flexibility index (Phi) is 20.1. The highest BCUT2D eigenvalue weighted by Gasteiger charge is 2.58. The van der Waals surface area contributed by atoms with Gasteiger partial charge in [0.15, 0.2) is 43.8 Å². The minimum atomic E-state index is -2.47. The van der Waals surface area contributed by atoms with Crippen molar-refractivity contribution in [2.24, 2.45) is 0 Å². The molecule has 0 radical (unpaired) electrons. The van der Waals surface area contributed by atoms with E-state index in [-0.39, 0.29) is 0 Å². The zero-order chi connectivity index (χ0) is 52.5. The number of rotatable bonds is 17. The van der Waals surface area contributed by atoms with Gasteiger partial charge in [-0.25, -0.2) is 4.79 Å². The molecule has 1 unspecified atom stereocenters. The number of amides is 1. The number of aliphatic hydroxyl groups is 18. The second-order valence-electron chi connectivity index (χ2n) is 17.6. The van der Waals surface area contributed by atoms with Gasteiger partial charge in [0, 0.05) is 6.92 Å². The Morgan fingerprint density at radius 2 is 0.789 bits per heavy atom. The molecular formula is C38H63NO32. The van der Waals surface area contributed by atoms with Crippen LogP contribution in [0.25, 0.3) is 0 Å². The first-order valence-corrected chi connectivity index (χ1v) is 22.1. The summed E-state index contributed by atoms with van der Waals surface area (Å²) in [6, 6.07) is -1.82. The summed E-state index contributed by atoms with van der Waals surface area (Å²) >= 11 is 0. The van der Waals surface area contributed by atoms with E-state index < -0.39 is 229 Å². The van der Waals surface area contributed by atoms with Crippen LogP contribution in [0.5, 0.6) is 0 Å². The number of carboxylic acids is 1. The van der Waals surface area contributed by atoms with E-state index >= 15 is 0 Å². The first kappa shape index (κ1) is 58.0. The lowest BCUT2D eigenvalue weighted by atomic mass is 9.94. The summed E-state index contributed by atoms with van der Waals surface area (Å²) in [5, 5.41) is 203. The molecule has 33 nitrogen and oxygen atoms in total. The molecule has 0 aromatic carbocycles. The quantitative estimate of drug-likeness (QED) is 0.0643. The van der Waals surface area contributed by atoms with Crippen LogP contribution in [0.15, 0.2) is 0 Å². The molecule has 6 saturated heterocycles. The number of aliphatic hydroxyl groups excluding tert-OH is 18. The van der Waals surface area contributed by atoms with Gasteiger partial charge in [0.1, 0.15) is 140 Å². The van der Waals surface area contributed by atoms with Gasteiger partial charge in [0.2, 0.25) is 5.91 Å². The number of nitrogens with one attached hydrogen (secondary N) is 1. The summed E-state index contributed by atoms with van der Waals surface area (Å²) in [6.45, 7) is -3.74. The van der Waals surface area contributed by atoms with Crippen LogP contribution in [0.2, 0.25) is 0 Å². The molecule has 6 fully saturated rings. The molecule has 412 valence electrons. The molecule has 0 aliphatic carbocycles. The molecule has 6 aliphatic heterocycles. The lowest BCUT2D eigenvalue weighted by Gasteiger charge is -2.51. The Bertz CT molecular complexity index is 1700. The highest BCUT2D eigenvalue weighted by molar-refractivity contribution is 5.73. The molecule has 0 aromatic rings. The second kappa shape index (κ2) is 24.6. The number of carboxylic acid groups (broad SMARTS) is 1. The van der Waals surface area contributed by atoms with Crippen LogP contribution in [0.4, 0.5) is 0 Å². The fraction of sp³-hybridized carbons (Fsp3) is 0.947. The largest absolute Gasteiger partial charge is 0.479 e. The van der Waals surface area contributed by atoms with E-state index in [9.17, 15) is 107 Å². The van der Waals surface area contributed by atoms with E-state index in [1.807, 2.05) is 0 Å². The Labute approximate surface area is 399 Å². The van der Waals surface area contributed by atoms with E-state index in [0.717, 1.165) is 6.92 Å². The normalized spacial score (nSPS) is 50.9. The summed E-state index contributed by atoms with van der Waals surface area (Å²) in [5.74, 6) is -2.77. The molecule has 30 atom stereocenters. The number of hydrogen-bond acceptors (Lipinski definition) is 31. The number of carbonyl (C=O) groups is 2. The van der Waals surface area contributed by atoms with Crippen LogP contribution in [0.1, 0.15) is 6.92 Å². The minimum Gasteiger partial charge on any atom is -0.479 e. The van der Waals surface area contributed by atoms with Crippen molar-refractivity contribution in [2.75, 3.05) is 33.0 Å². The van der Waals surface area contributed by atoms with Crippen LogP contribution >= 0.6 is 0 Å². The maximum absolute atomic E-state index is 12.4. The van der Waals surface area contributed by atoms with Gasteiger partial charge in [-0.1, -0.05) is 0 Å². The Balaban J connectivity index is 1.37. The van der Waals surface area contributed by atoms with Crippen molar-refractivity contribution in [1.29, 1.82) is 0 Å². The van der Waals surface area contributed by atoms with Gasteiger partial charge in [0.25, 0.3) is 0 Å². The molecule has 71 heavy (non-hydrogen) atoms. The fourth-order valence-electron chi connectivity index (χ4n) is 8.68. The van der Waals surface area contributed by atoms with Crippen molar-refractivity contribution < 1.29 is 159 Å². The van der Waals surface area contributed by atoms with E-state index in [0.29, 0.717) is 0 Å². The lowest BCUT2D eigenvalue weighted by molar-refractivity contribution is -0.398. The number of aliphatic carboxylic acids is 1. The van der Waals surface area contributed by atoms with Crippen LogP contribution in [-0.4, -0.2) is 326 Å². The molecule has 6 heterocycles. The molecule has 33 heteroatoms. The van der Waals surface area contributed by atoms with E-state index in [1.54, 1.807) is 0 Å². The third-order valence-corrected chi connectivity index (χ3v) is 12.8. The van der Waals surface area contributed by atoms with Gasteiger partial charge >= 0.3 is 5.97 Å². The molecule has 0 bridgehead atoms. The number of ether oxygens (including phenoxy) is 11. The van der Waals surface area contributed by atoms with Crippen molar-refractivity contribution in [3.05, 3.63) is 0 Å². The minimum absolute atomic E-state index is 0.855. The predicted octanol–water partition coefficient (Wildman–Crippen LogP) is -13.9. The molecular weight excluding hydrogens is 982 g/mol. The summed E-state index contributed by atoms with van der Waals surface area (Å²) in [4.78, 5) is 24.5. The average molecular weight is 1050 g/mol. The van der Waals surface area contributed by atoms with Gasteiger partial charge in [-0.15, -0.1) is 0 Å². The van der Waals surface area contributed by atoms with Gasteiger partial charge in [-0.3, -0.25) is 4.79 Å². The summed E-state index contributed by atoms with van der Waals surface area (Å²) in [7, 11) is 0. The maximum atomic E-state index is 12.4. The predicted molar refractivity (Wildman–Crippen MR) is 211 cm³/mol. The molecule has 0 spiro atoms. The molecule has 0 aromatic heterocycles. The molecule has 0 saturated carbocycles. The smallest absolute Gasteiger partial charge is 0.335 e. The van der Waals surface area contributed by atoms with Crippen LogP contribution in [0.3, 0.4) is 0 Å². The summed E-state index contributed by atoms with van der Waals surface area (Å²) in [5.41, 5.74) is 0. The second-order valence-corrected chi connectivity index (χ2v) is 17.6. The standard InChI is InChI=1S/C38H63NO32/c1-7(43)39-13-29(17(47)11(63-33(13)60)5-61-34-23(53)18(48)14(44)8(2-40)64-34)69-38-27(57)30(70-37-26(56)21(51)22(52)31(71-37)32(58)59)28(68-36-25(55)20(50)16(46)10(4-42)66-36)12(67-38)6-62-35-24(54)19(49)15(45)9(3-41)65-35/h8-31,33-38,40-42,44-57,60H,2-6H2,1H3,(H,39,43)(H,58,59)/t8-,9-,10-,11-,12-,13-,14-,15-,16-,17+,18+,19+,20+,21+,22+,23-,24-,25-,26-,27-,28+,29-,30-,31+,33?,34-,35-,36+,37-,38+/m1/s1. The third-order valence-electron chi connectivity index (χ3n) is 12.8. The van der Waals surface area contributed by atoms with E-state index in [4.69, 9.17) is 52.1 Å². The van der Waals surface area contributed by atoms with Crippen molar-refractivity contribution in [2.45, 2.75) is 191 Å². The van der Waals surface area contributed by atoms with Crippen molar-refractivity contribution in [1.82, 2.24) is 5.32 Å². The van der Waals surface area contributed by atoms with Gasteiger partial charge < -0.3 is 154 Å². The van der Waals surface area contributed by atoms with Gasteiger partial charge in [-0.2, -0.15) is 0 Å². The zero-order valence-electron chi connectivity index (χ0n) is 37.2.